The average Bonchev–Trinajstić information content (AvgIpc) is 3.29. The zero-order valence-corrected chi connectivity index (χ0v) is 13.5. The fraction of sp³-hybridized carbons (Fsp3) is 0.471. The maximum absolute atomic E-state index is 12.0. The number of amides is 3. The Morgan fingerprint density at radius 2 is 1.78 bits per heavy atom. The van der Waals surface area contributed by atoms with Crippen LogP contribution in [0, 0.1) is 6.92 Å². The summed E-state index contributed by atoms with van der Waals surface area (Å²) < 4.78 is 0. The SMILES string of the molecule is CC(=O)N[C@@H](CC(=O)NCC(=O)NC1CC1)c1ccc(C)cc1. The molecule has 1 aromatic rings. The van der Waals surface area contributed by atoms with Crippen LogP contribution in [0.4, 0.5) is 0 Å². The molecule has 3 amide bonds. The summed E-state index contributed by atoms with van der Waals surface area (Å²) >= 11 is 0. The number of carbonyl (C=O) groups excluding carboxylic acids is 3. The number of carbonyl (C=O) groups is 3. The van der Waals surface area contributed by atoms with Gasteiger partial charge in [0, 0.05) is 13.0 Å². The summed E-state index contributed by atoms with van der Waals surface area (Å²) in [6.07, 6.45) is 2.12. The first-order valence-corrected chi connectivity index (χ1v) is 7.84. The Hall–Kier alpha value is -2.37. The summed E-state index contributed by atoms with van der Waals surface area (Å²) in [5.41, 5.74) is 1.97. The van der Waals surface area contributed by atoms with Crippen LogP contribution < -0.4 is 16.0 Å². The van der Waals surface area contributed by atoms with E-state index in [1.165, 1.54) is 6.92 Å². The Kier molecular flexibility index (Phi) is 5.73. The van der Waals surface area contributed by atoms with Crippen LogP contribution in [0.3, 0.4) is 0 Å². The normalized spacial score (nSPS) is 14.7. The van der Waals surface area contributed by atoms with Gasteiger partial charge in [-0.25, -0.2) is 0 Å². The molecule has 3 N–H and O–H groups in total. The predicted octanol–water partition coefficient (Wildman–Crippen LogP) is 0.957. The number of aryl methyl sites for hydroxylation is 1. The first-order valence-electron chi connectivity index (χ1n) is 7.84. The van der Waals surface area contributed by atoms with Gasteiger partial charge < -0.3 is 16.0 Å². The Morgan fingerprint density at radius 1 is 1.13 bits per heavy atom. The van der Waals surface area contributed by atoms with Crippen LogP contribution >= 0.6 is 0 Å². The first-order chi connectivity index (χ1) is 10.9. The zero-order chi connectivity index (χ0) is 16.8. The third-order valence-electron chi connectivity index (χ3n) is 3.64. The largest absolute Gasteiger partial charge is 0.352 e. The van der Waals surface area contributed by atoms with Crippen molar-refractivity contribution in [1.29, 1.82) is 0 Å². The number of hydrogen-bond donors (Lipinski definition) is 3. The second kappa shape index (κ2) is 7.76. The van der Waals surface area contributed by atoms with Crippen LogP contribution in [-0.4, -0.2) is 30.3 Å². The quantitative estimate of drug-likeness (QED) is 0.700. The summed E-state index contributed by atoms with van der Waals surface area (Å²) in [5, 5.41) is 8.18. The van der Waals surface area contributed by atoms with Gasteiger partial charge >= 0.3 is 0 Å². The molecule has 1 atom stereocenters. The van der Waals surface area contributed by atoms with E-state index >= 15 is 0 Å². The number of hydrogen-bond acceptors (Lipinski definition) is 3. The summed E-state index contributed by atoms with van der Waals surface area (Å²) in [4.78, 5) is 35.0. The van der Waals surface area contributed by atoms with E-state index in [4.69, 9.17) is 0 Å². The highest BCUT2D eigenvalue weighted by atomic mass is 16.2. The topological polar surface area (TPSA) is 87.3 Å². The molecular weight excluding hydrogens is 294 g/mol. The minimum atomic E-state index is -0.403. The molecule has 2 rings (SSSR count). The molecule has 124 valence electrons. The highest BCUT2D eigenvalue weighted by molar-refractivity contribution is 5.85. The zero-order valence-electron chi connectivity index (χ0n) is 13.5. The summed E-state index contributed by atoms with van der Waals surface area (Å²) in [7, 11) is 0. The van der Waals surface area contributed by atoms with Gasteiger partial charge in [0.1, 0.15) is 0 Å². The van der Waals surface area contributed by atoms with Crippen LogP contribution in [-0.2, 0) is 14.4 Å². The van der Waals surface area contributed by atoms with Crippen molar-refractivity contribution in [2.45, 2.75) is 45.2 Å². The smallest absolute Gasteiger partial charge is 0.239 e. The van der Waals surface area contributed by atoms with E-state index in [9.17, 15) is 14.4 Å². The van der Waals surface area contributed by atoms with Crippen molar-refractivity contribution >= 4 is 17.7 Å². The van der Waals surface area contributed by atoms with E-state index in [0.717, 1.165) is 24.0 Å². The highest BCUT2D eigenvalue weighted by Crippen LogP contribution is 2.18. The molecule has 0 aromatic heterocycles. The Bertz CT molecular complexity index is 579. The summed E-state index contributed by atoms with van der Waals surface area (Å²) in [5.74, 6) is -0.641. The second-order valence-electron chi connectivity index (χ2n) is 5.99. The van der Waals surface area contributed by atoms with Gasteiger partial charge in [0.15, 0.2) is 0 Å². The third kappa shape index (κ3) is 6.10. The van der Waals surface area contributed by atoms with E-state index in [0.29, 0.717) is 0 Å². The molecule has 6 heteroatoms. The van der Waals surface area contributed by atoms with Gasteiger partial charge in [-0.15, -0.1) is 0 Å². The number of benzene rings is 1. The third-order valence-corrected chi connectivity index (χ3v) is 3.64. The molecule has 0 heterocycles. The van der Waals surface area contributed by atoms with E-state index in [1.54, 1.807) is 0 Å². The van der Waals surface area contributed by atoms with Crippen molar-refractivity contribution in [2.24, 2.45) is 0 Å². The second-order valence-corrected chi connectivity index (χ2v) is 5.99. The van der Waals surface area contributed by atoms with Crippen molar-refractivity contribution in [3.63, 3.8) is 0 Å². The van der Waals surface area contributed by atoms with E-state index in [1.807, 2.05) is 31.2 Å². The van der Waals surface area contributed by atoms with Crippen LogP contribution in [0.5, 0.6) is 0 Å². The molecule has 1 fully saturated rings. The molecule has 0 aliphatic heterocycles. The van der Waals surface area contributed by atoms with E-state index < -0.39 is 6.04 Å². The van der Waals surface area contributed by atoms with Crippen molar-refractivity contribution in [2.75, 3.05) is 6.54 Å². The Labute approximate surface area is 136 Å². The highest BCUT2D eigenvalue weighted by Gasteiger charge is 2.23. The molecule has 0 bridgehead atoms. The number of nitrogens with one attached hydrogen (secondary N) is 3. The monoisotopic (exact) mass is 317 g/mol. The van der Waals surface area contributed by atoms with Gasteiger partial charge in [-0.05, 0) is 25.3 Å². The van der Waals surface area contributed by atoms with Crippen LogP contribution in [0.2, 0.25) is 0 Å². The van der Waals surface area contributed by atoms with E-state index in [-0.39, 0.29) is 36.7 Å². The van der Waals surface area contributed by atoms with Crippen LogP contribution in [0.15, 0.2) is 24.3 Å². The van der Waals surface area contributed by atoms with Gasteiger partial charge in [0.05, 0.1) is 19.0 Å². The molecule has 0 saturated heterocycles. The minimum absolute atomic E-state index is 0.0317. The van der Waals surface area contributed by atoms with Gasteiger partial charge in [-0.3, -0.25) is 14.4 Å². The Morgan fingerprint density at radius 3 is 2.35 bits per heavy atom. The molecule has 0 radical (unpaired) electrons. The average molecular weight is 317 g/mol. The van der Waals surface area contributed by atoms with E-state index in [2.05, 4.69) is 16.0 Å². The predicted molar refractivity (Wildman–Crippen MR) is 86.5 cm³/mol. The molecule has 0 spiro atoms. The lowest BCUT2D eigenvalue weighted by atomic mass is 10.0. The maximum atomic E-state index is 12.0. The van der Waals surface area contributed by atoms with Gasteiger partial charge in [-0.1, -0.05) is 29.8 Å². The standard InChI is InChI=1S/C17H23N3O3/c1-11-3-5-13(6-4-11)15(19-12(2)21)9-16(22)18-10-17(23)20-14-7-8-14/h3-6,14-15H,7-10H2,1-2H3,(H,18,22)(H,19,21)(H,20,23)/t15-/m0/s1. The lowest BCUT2D eigenvalue weighted by molar-refractivity contribution is -0.127. The fourth-order valence-electron chi connectivity index (χ4n) is 2.24. The van der Waals surface area contributed by atoms with Crippen molar-refractivity contribution < 1.29 is 14.4 Å². The molecule has 0 unspecified atom stereocenters. The summed E-state index contributed by atoms with van der Waals surface area (Å²) in [6, 6.07) is 7.53. The number of rotatable bonds is 7. The molecule has 1 aliphatic carbocycles. The molecule has 1 aliphatic rings. The molecule has 6 nitrogen and oxygen atoms in total. The van der Waals surface area contributed by atoms with Crippen molar-refractivity contribution in [3.05, 3.63) is 35.4 Å². The van der Waals surface area contributed by atoms with Crippen molar-refractivity contribution in [3.8, 4) is 0 Å². The molecular formula is C17H23N3O3. The lowest BCUT2D eigenvalue weighted by Crippen LogP contribution is -2.39. The van der Waals surface area contributed by atoms with Crippen molar-refractivity contribution in [1.82, 2.24) is 16.0 Å². The van der Waals surface area contributed by atoms with Crippen LogP contribution in [0.25, 0.3) is 0 Å². The summed E-state index contributed by atoms with van der Waals surface area (Å²) in [6.45, 7) is 3.36. The van der Waals surface area contributed by atoms with Gasteiger partial charge in [0.25, 0.3) is 0 Å². The minimum Gasteiger partial charge on any atom is -0.352 e. The first kappa shape index (κ1) is 17.0. The Balaban J connectivity index is 1.88. The van der Waals surface area contributed by atoms with Gasteiger partial charge in [-0.2, -0.15) is 0 Å². The lowest BCUT2D eigenvalue weighted by Gasteiger charge is -2.18. The fourth-order valence-corrected chi connectivity index (χ4v) is 2.24. The van der Waals surface area contributed by atoms with Gasteiger partial charge in [0.2, 0.25) is 17.7 Å². The van der Waals surface area contributed by atoms with Crippen LogP contribution in [0.1, 0.15) is 43.4 Å². The molecule has 1 aromatic carbocycles. The molecule has 1 saturated carbocycles. The molecule has 23 heavy (non-hydrogen) atoms. The maximum Gasteiger partial charge on any atom is 0.239 e.